The number of carbonyl (C=O) groups is 1. The number of anilines is 2. The lowest BCUT2D eigenvalue weighted by Gasteiger charge is -2.09. The molecular formula is C11H10F3N5OS. The van der Waals surface area contributed by atoms with Crippen LogP contribution >= 0.6 is 11.5 Å². The molecule has 21 heavy (non-hydrogen) atoms. The monoisotopic (exact) mass is 317 g/mol. The number of benzene rings is 1. The van der Waals surface area contributed by atoms with E-state index in [1.807, 2.05) is 19.1 Å². The first-order valence-electron chi connectivity index (χ1n) is 5.66. The van der Waals surface area contributed by atoms with Crippen LogP contribution in [0.5, 0.6) is 0 Å². The summed E-state index contributed by atoms with van der Waals surface area (Å²) >= 11 is 0.493. The predicted molar refractivity (Wildman–Crippen MR) is 71.9 cm³/mol. The fourth-order valence-electron chi connectivity index (χ4n) is 1.37. The van der Waals surface area contributed by atoms with Gasteiger partial charge in [-0.05, 0) is 18.6 Å². The lowest BCUT2D eigenvalue weighted by atomic mass is 10.2. The second-order valence-electron chi connectivity index (χ2n) is 3.94. The van der Waals surface area contributed by atoms with Crippen molar-refractivity contribution in [3.8, 4) is 0 Å². The number of urea groups is 1. The van der Waals surface area contributed by atoms with Gasteiger partial charge in [-0.3, -0.25) is 5.43 Å². The lowest BCUT2D eigenvalue weighted by molar-refractivity contribution is -0.144. The number of hydrazine groups is 1. The fourth-order valence-corrected chi connectivity index (χ4v) is 1.91. The first kappa shape index (κ1) is 15.0. The van der Waals surface area contributed by atoms with Crippen LogP contribution in [-0.2, 0) is 6.18 Å². The van der Waals surface area contributed by atoms with E-state index >= 15 is 0 Å². The third-order valence-corrected chi connectivity index (χ3v) is 2.99. The molecule has 0 saturated carbocycles. The number of aryl methyl sites for hydroxylation is 1. The molecule has 3 N–H and O–H groups in total. The Morgan fingerprint density at radius 1 is 1.29 bits per heavy atom. The van der Waals surface area contributed by atoms with E-state index < -0.39 is 18.0 Å². The summed E-state index contributed by atoms with van der Waals surface area (Å²) in [5.41, 5.74) is 5.88. The van der Waals surface area contributed by atoms with Crippen LogP contribution in [0.3, 0.4) is 0 Å². The summed E-state index contributed by atoms with van der Waals surface area (Å²) in [6.45, 7) is 1.81. The molecule has 6 nitrogen and oxygen atoms in total. The van der Waals surface area contributed by atoms with Crippen molar-refractivity contribution in [3.63, 3.8) is 0 Å². The van der Waals surface area contributed by atoms with E-state index in [9.17, 15) is 18.0 Å². The molecule has 112 valence electrons. The zero-order valence-electron chi connectivity index (χ0n) is 10.7. The van der Waals surface area contributed by atoms with Crippen molar-refractivity contribution in [2.45, 2.75) is 13.1 Å². The Labute approximate surface area is 121 Å². The van der Waals surface area contributed by atoms with E-state index in [4.69, 9.17) is 0 Å². The molecule has 0 aliphatic heterocycles. The number of carbonyl (C=O) groups excluding carboxylic acids is 1. The van der Waals surface area contributed by atoms with Gasteiger partial charge in [0.2, 0.25) is 11.0 Å². The average molecular weight is 317 g/mol. The Kier molecular flexibility index (Phi) is 4.26. The summed E-state index contributed by atoms with van der Waals surface area (Å²) < 4.78 is 40.0. The molecule has 2 rings (SSSR count). The number of rotatable bonds is 3. The van der Waals surface area contributed by atoms with Crippen molar-refractivity contribution in [1.82, 2.24) is 14.8 Å². The normalized spacial score (nSPS) is 11.0. The van der Waals surface area contributed by atoms with Gasteiger partial charge in [-0.25, -0.2) is 10.2 Å². The van der Waals surface area contributed by atoms with E-state index in [0.717, 1.165) is 5.56 Å². The van der Waals surface area contributed by atoms with Crippen LogP contribution in [0.2, 0.25) is 0 Å². The molecule has 1 aromatic heterocycles. The SMILES string of the molecule is Cc1ccccc1NC(=O)NNc1nc(C(F)(F)F)ns1. The molecule has 2 amide bonds. The maximum atomic E-state index is 12.3. The van der Waals surface area contributed by atoms with Gasteiger partial charge in [-0.2, -0.15) is 22.5 Å². The first-order valence-corrected chi connectivity index (χ1v) is 6.43. The number of nitrogens with one attached hydrogen (secondary N) is 3. The summed E-state index contributed by atoms with van der Waals surface area (Å²) in [4.78, 5) is 14.8. The second kappa shape index (κ2) is 5.95. The van der Waals surface area contributed by atoms with Crippen molar-refractivity contribution in [1.29, 1.82) is 0 Å². The van der Waals surface area contributed by atoms with Crippen LogP contribution in [0.4, 0.5) is 28.8 Å². The third-order valence-electron chi connectivity index (χ3n) is 2.36. The molecule has 0 radical (unpaired) electrons. The van der Waals surface area contributed by atoms with Crippen molar-refractivity contribution in [2.24, 2.45) is 0 Å². The highest BCUT2D eigenvalue weighted by atomic mass is 32.1. The van der Waals surface area contributed by atoms with Gasteiger partial charge in [0.15, 0.2) is 0 Å². The third kappa shape index (κ3) is 4.05. The van der Waals surface area contributed by atoms with Crippen molar-refractivity contribution >= 4 is 28.4 Å². The van der Waals surface area contributed by atoms with Crippen LogP contribution in [0, 0.1) is 6.92 Å². The maximum Gasteiger partial charge on any atom is 0.452 e. The number of nitrogens with zero attached hydrogens (tertiary/aromatic N) is 2. The van der Waals surface area contributed by atoms with Crippen LogP contribution in [0.1, 0.15) is 11.4 Å². The molecule has 0 saturated heterocycles. The van der Waals surface area contributed by atoms with Gasteiger partial charge in [0.25, 0.3) is 0 Å². The Hall–Kier alpha value is -2.36. The van der Waals surface area contributed by atoms with Crippen LogP contribution < -0.4 is 16.2 Å². The molecule has 10 heteroatoms. The summed E-state index contributed by atoms with van der Waals surface area (Å²) in [6.07, 6.45) is -4.61. The molecule has 2 aromatic rings. The van der Waals surface area contributed by atoms with Crippen molar-refractivity contribution < 1.29 is 18.0 Å². The van der Waals surface area contributed by atoms with Crippen LogP contribution in [0.25, 0.3) is 0 Å². The zero-order chi connectivity index (χ0) is 15.5. The second-order valence-corrected chi connectivity index (χ2v) is 4.69. The molecule has 1 aromatic carbocycles. The number of hydrogen-bond acceptors (Lipinski definition) is 5. The standard InChI is InChI=1S/C11H10F3N5OS/c1-6-4-2-3-5-7(6)15-9(20)17-18-10-16-8(19-21-10)11(12,13)14/h2-5H,1H3,(H2,15,17,20)(H,16,18,19). The highest BCUT2D eigenvalue weighted by Crippen LogP contribution is 2.28. The number of para-hydroxylation sites is 1. The summed E-state index contributed by atoms with van der Waals surface area (Å²) in [6, 6.07) is 6.44. The van der Waals surface area contributed by atoms with Crippen molar-refractivity contribution in [3.05, 3.63) is 35.7 Å². The largest absolute Gasteiger partial charge is 0.452 e. The summed E-state index contributed by atoms with van der Waals surface area (Å²) in [7, 11) is 0. The Bertz CT molecular complexity index is 643. The molecule has 0 aliphatic carbocycles. The van der Waals surface area contributed by atoms with E-state index in [-0.39, 0.29) is 5.13 Å². The lowest BCUT2D eigenvalue weighted by Crippen LogP contribution is -2.33. The number of amides is 2. The van der Waals surface area contributed by atoms with E-state index in [2.05, 4.69) is 25.5 Å². The van der Waals surface area contributed by atoms with E-state index in [1.165, 1.54) is 0 Å². The number of hydrogen-bond donors (Lipinski definition) is 3. The number of aromatic nitrogens is 2. The van der Waals surface area contributed by atoms with Gasteiger partial charge in [-0.15, -0.1) is 0 Å². The van der Waals surface area contributed by atoms with Gasteiger partial charge in [-0.1, -0.05) is 18.2 Å². The molecule has 0 unspecified atom stereocenters. The summed E-state index contributed by atoms with van der Waals surface area (Å²) in [5, 5.41) is 2.37. The number of alkyl halides is 3. The zero-order valence-corrected chi connectivity index (χ0v) is 11.5. The van der Waals surface area contributed by atoms with Gasteiger partial charge in [0.1, 0.15) is 0 Å². The van der Waals surface area contributed by atoms with Crippen LogP contribution in [0.15, 0.2) is 24.3 Å². The highest BCUT2D eigenvalue weighted by Gasteiger charge is 2.36. The Balaban J connectivity index is 1.90. The quantitative estimate of drug-likeness (QED) is 0.760. The summed E-state index contributed by atoms with van der Waals surface area (Å²) in [5.74, 6) is -1.25. The Morgan fingerprint density at radius 2 is 2.00 bits per heavy atom. The minimum atomic E-state index is -4.61. The molecule has 1 heterocycles. The van der Waals surface area contributed by atoms with Gasteiger partial charge in [0.05, 0.1) is 0 Å². The van der Waals surface area contributed by atoms with E-state index in [0.29, 0.717) is 17.2 Å². The minimum Gasteiger partial charge on any atom is -0.306 e. The molecule has 0 spiro atoms. The molecule has 0 bridgehead atoms. The van der Waals surface area contributed by atoms with E-state index in [1.54, 1.807) is 12.1 Å². The molecule has 0 aliphatic rings. The fraction of sp³-hybridized carbons (Fsp3) is 0.182. The number of halogens is 3. The average Bonchev–Trinajstić information content (AvgIpc) is 2.88. The topological polar surface area (TPSA) is 78.9 Å². The molecule has 0 fully saturated rings. The minimum absolute atomic E-state index is 0.165. The van der Waals surface area contributed by atoms with Crippen molar-refractivity contribution in [2.75, 3.05) is 10.7 Å². The molecule has 0 atom stereocenters. The first-order chi connectivity index (χ1) is 9.86. The van der Waals surface area contributed by atoms with Gasteiger partial charge >= 0.3 is 12.2 Å². The van der Waals surface area contributed by atoms with Crippen LogP contribution in [-0.4, -0.2) is 15.4 Å². The molecular weight excluding hydrogens is 307 g/mol. The van der Waals surface area contributed by atoms with Gasteiger partial charge in [0, 0.05) is 17.2 Å². The smallest absolute Gasteiger partial charge is 0.306 e. The maximum absolute atomic E-state index is 12.3. The Morgan fingerprint density at radius 3 is 2.62 bits per heavy atom. The predicted octanol–water partition coefficient (Wildman–Crippen LogP) is 3.01. The highest BCUT2D eigenvalue weighted by molar-refractivity contribution is 7.09. The van der Waals surface area contributed by atoms with Gasteiger partial charge < -0.3 is 5.32 Å².